The molecule has 0 spiro atoms. The zero-order valence-electron chi connectivity index (χ0n) is 11.3. The molecule has 0 saturated carbocycles. The number of hydrogen-bond donors (Lipinski definition) is 0. The molecule has 6 nitrogen and oxygen atoms in total. The smallest absolute Gasteiger partial charge is 0.232 e. The number of rotatable bonds is 4. The van der Waals surface area contributed by atoms with E-state index < -0.39 is 5.60 Å². The highest BCUT2D eigenvalue weighted by Gasteiger charge is 2.35. The van der Waals surface area contributed by atoms with Crippen LogP contribution < -0.4 is 0 Å². The fraction of sp³-hybridized carbons (Fsp3) is 0.750. The summed E-state index contributed by atoms with van der Waals surface area (Å²) < 4.78 is 10.6. The number of ether oxygens (including phenoxy) is 1. The van der Waals surface area contributed by atoms with Gasteiger partial charge in [-0.3, -0.25) is 4.79 Å². The van der Waals surface area contributed by atoms with E-state index in [1.54, 1.807) is 12.0 Å². The highest BCUT2D eigenvalue weighted by Crippen LogP contribution is 2.29. The Morgan fingerprint density at radius 1 is 1.56 bits per heavy atom. The maximum absolute atomic E-state index is 11.7. The highest BCUT2D eigenvalue weighted by molar-refractivity contribution is 5.79. The highest BCUT2D eigenvalue weighted by atomic mass is 16.5. The van der Waals surface area contributed by atoms with Crippen LogP contribution in [0.15, 0.2) is 4.52 Å². The molecule has 18 heavy (non-hydrogen) atoms. The molecule has 100 valence electrons. The fourth-order valence-corrected chi connectivity index (χ4v) is 1.98. The third-order valence-electron chi connectivity index (χ3n) is 3.44. The van der Waals surface area contributed by atoms with E-state index in [1.807, 2.05) is 20.8 Å². The van der Waals surface area contributed by atoms with Crippen molar-refractivity contribution in [1.29, 1.82) is 0 Å². The van der Waals surface area contributed by atoms with Crippen molar-refractivity contribution in [2.75, 3.05) is 20.2 Å². The lowest BCUT2D eigenvalue weighted by Crippen LogP contribution is -2.24. The molecule has 1 aromatic heterocycles. The third-order valence-corrected chi connectivity index (χ3v) is 3.44. The van der Waals surface area contributed by atoms with Gasteiger partial charge in [0.2, 0.25) is 17.6 Å². The first kappa shape index (κ1) is 13.0. The van der Waals surface area contributed by atoms with E-state index in [1.165, 1.54) is 0 Å². The monoisotopic (exact) mass is 253 g/mol. The molecule has 0 aromatic carbocycles. The second-order valence-electron chi connectivity index (χ2n) is 5.00. The van der Waals surface area contributed by atoms with Crippen LogP contribution in [0, 0.1) is 0 Å². The molecule has 2 rings (SSSR count). The molecule has 1 aliphatic rings. The largest absolute Gasteiger partial charge is 0.371 e. The SMILES string of the molecule is CCN1C[C@@H](c2nc(C(C)(C)OC)no2)CC1=O. The van der Waals surface area contributed by atoms with Gasteiger partial charge in [-0.2, -0.15) is 4.98 Å². The molecule has 1 saturated heterocycles. The second-order valence-corrected chi connectivity index (χ2v) is 5.00. The van der Waals surface area contributed by atoms with E-state index in [-0.39, 0.29) is 11.8 Å². The molecule has 1 amide bonds. The third kappa shape index (κ3) is 2.25. The van der Waals surface area contributed by atoms with Crippen molar-refractivity contribution in [2.24, 2.45) is 0 Å². The summed E-state index contributed by atoms with van der Waals surface area (Å²) in [6.45, 7) is 7.09. The summed E-state index contributed by atoms with van der Waals surface area (Å²) in [6.07, 6.45) is 0.447. The van der Waals surface area contributed by atoms with Crippen molar-refractivity contribution in [3.8, 4) is 0 Å². The maximum Gasteiger partial charge on any atom is 0.232 e. The number of amides is 1. The van der Waals surface area contributed by atoms with E-state index in [2.05, 4.69) is 10.1 Å². The Bertz CT molecular complexity index is 442. The van der Waals surface area contributed by atoms with Crippen molar-refractivity contribution < 1.29 is 14.1 Å². The molecule has 0 N–H and O–H groups in total. The first-order valence-corrected chi connectivity index (χ1v) is 6.15. The molecule has 1 atom stereocenters. The first-order chi connectivity index (χ1) is 8.47. The van der Waals surface area contributed by atoms with Crippen LogP contribution in [0.25, 0.3) is 0 Å². The van der Waals surface area contributed by atoms with Crippen molar-refractivity contribution in [2.45, 2.75) is 38.7 Å². The number of carbonyl (C=O) groups is 1. The van der Waals surface area contributed by atoms with Crippen LogP contribution >= 0.6 is 0 Å². The van der Waals surface area contributed by atoms with Gasteiger partial charge in [0, 0.05) is 26.6 Å². The summed E-state index contributed by atoms with van der Waals surface area (Å²) >= 11 is 0. The Hall–Kier alpha value is -1.43. The number of aromatic nitrogens is 2. The van der Waals surface area contributed by atoms with Gasteiger partial charge in [-0.25, -0.2) is 0 Å². The number of hydrogen-bond acceptors (Lipinski definition) is 5. The summed E-state index contributed by atoms with van der Waals surface area (Å²) in [6, 6.07) is 0. The summed E-state index contributed by atoms with van der Waals surface area (Å²) in [5.41, 5.74) is -0.575. The molecule has 1 aliphatic heterocycles. The average molecular weight is 253 g/mol. The second kappa shape index (κ2) is 4.68. The zero-order valence-corrected chi connectivity index (χ0v) is 11.3. The topological polar surface area (TPSA) is 68.5 Å². The molecule has 6 heteroatoms. The van der Waals surface area contributed by atoms with Crippen molar-refractivity contribution in [3.05, 3.63) is 11.7 Å². The van der Waals surface area contributed by atoms with Crippen LogP contribution in [-0.4, -0.2) is 41.1 Å². The van der Waals surface area contributed by atoms with Gasteiger partial charge >= 0.3 is 0 Å². The van der Waals surface area contributed by atoms with Crippen LogP contribution in [0.1, 0.15) is 44.8 Å². The van der Waals surface area contributed by atoms with Crippen LogP contribution in [0.4, 0.5) is 0 Å². The average Bonchev–Trinajstić information content (AvgIpc) is 2.95. The molecule has 0 radical (unpaired) electrons. The zero-order chi connectivity index (χ0) is 13.3. The molecule has 2 heterocycles. The minimum Gasteiger partial charge on any atom is -0.371 e. The molecule has 0 bridgehead atoms. The van der Waals surface area contributed by atoms with Crippen molar-refractivity contribution in [3.63, 3.8) is 0 Å². The van der Waals surface area contributed by atoms with Gasteiger partial charge in [0.1, 0.15) is 5.60 Å². The van der Waals surface area contributed by atoms with Gasteiger partial charge in [0.15, 0.2) is 0 Å². The van der Waals surface area contributed by atoms with Crippen LogP contribution in [0.2, 0.25) is 0 Å². The lowest BCUT2D eigenvalue weighted by atomic mass is 10.1. The standard InChI is InChI=1S/C12H19N3O3/c1-5-15-7-8(6-9(15)16)10-13-11(14-18-10)12(2,3)17-4/h8H,5-7H2,1-4H3/t8-/m0/s1. The fourth-order valence-electron chi connectivity index (χ4n) is 1.98. The minimum atomic E-state index is -0.575. The number of likely N-dealkylation sites (tertiary alicyclic amines) is 1. The van der Waals surface area contributed by atoms with Crippen LogP contribution in [0.3, 0.4) is 0 Å². The number of likely N-dealkylation sites (N-methyl/N-ethyl adjacent to an activating group) is 1. The molecule has 0 aliphatic carbocycles. The van der Waals surface area contributed by atoms with Crippen LogP contribution in [-0.2, 0) is 15.1 Å². The van der Waals surface area contributed by atoms with E-state index >= 15 is 0 Å². The van der Waals surface area contributed by atoms with Gasteiger partial charge in [0.25, 0.3) is 0 Å². The summed E-state index contributed by atoms with van der Waals surface area (Å²) in [5.74, 6) is 1.20. The first-order valence-electron chi connectivity index (χ1n) is 6.15. The molecule has 1 fully saturated rings. The van der Waals surface area contributed by atoms with Gasteiger partial charge < -0.3 is 14.2 Å². The van der Waals surface area contributed by atoms with Gasteiger partial charge in [-0.15, -0.1) is 0 Å². The summed E-state index contributed by atoms with van der Waals surface area (Å²) in [5, 5.41) is 3.94. The van der Waals surface area contributed by atoms with E-state index in [4.69, 9.17) is 9.26 Å². The molecule has 0 unspecified atom stereocenters. The Labute approximate surface area is 106 Å². The quantitative estimate of drug-likeness (QED) is 0.808. The predicted molar refractivity (Wildman–Crippen MR) is 63.9 cm³/mol. The number of nitrogens with zero attached hydrogens (tertiary/aromatic N) is 3. The number of methoxy groups -OCH3 is 1. The van der Waals surface area contributed by atoms with Gasteiger partial charge in [0.05, 0.1) is 5.92 Å². The maximum atomic E-state index is 11.7. The van der Waals surface area contributed by atoms with Gasteiger partial charge in [-0.05, 0) is 20.8 Å². The predicted octanol–water partition coefficient (Wildman–Crippen LogP) is 1.29. The Kier molecular flexibility index (Phi) is 3.38. The Balaban J connectivity index is 2.14. The van der Waals surface area contributed by atoms with E-state index in [9.17, 15) is 4.79 Å². The lowest BCUT2D eigenvalue weighted by Gasteiger charge is -2.17. The van der Waals surface area contributed by atoms with Crippen LogP contribution in [0.5, 0.6) is 0 Å². The molecular weight excluding hydrogens is 234 g/mol. The van der Waals surface area contributed by atoms with E-state index in [0.717, 1.165) is 6.54 Å². The van der Waals surface area contributed by atoms with E-state index in [0.29, 0.717) is 24.7 Å². The lowest BCUT2D eigenvalue weighted by molar-refractivity contribution is -0.127. The Morgan fingerprint density at radius 3 is 2.83 bits per heavy atom. The minimum absolute atomic E-state index is 0.00589. The molecular formula is C12H19N3O3. The Morgan fingerprint density at radius 2 is 2.28 bits per heavy atom. The summed E-state index contributed by atoms with van der Waals surface area (Å²) in [7, 11) is 1.61. The normalized spacial score (nSPS) is 20.8. The van der Waals surface area contributed by atoms with Crippen molar-refractivity contribution >= 4 is 5.91 Å². The molecule has 1 aromatic rings. The number of carbonyl (C=O) groups excluding carboxylic acids is 1. The summed E-state index contributed by atoms with van der Waals surface area (Å²) in [4.78, 5) is 17.8. The van der Waals surface area contributed by atoms with Crippen molar-refractivity contribution in [1.82, 2.24) is 15.0 Å². The van der Waals surface area contributed by atoms with Gasteiger partial charge in [-0.1, -0.05) is 5.16 Å².